The van der Waals surface area contributed by atoms with E-state index >= 15 is 0 Å². The lowest BCUT2D eigenvalue weighted by molar-refractivity contribution is -0.119. The van der Waals surface area contributed by atoms with Crippen molar-refractivity contribution < 1.29 is 14.3 Å². The Morgan fingerprint density at radius 2 is 2.14 bits per heavy atom. The van der Waals surface area contributed by atoms with E-state index in [4.69, 9.17) is 10.5 Å². The predicted molar refractivity (Wildman–Crippen MR) is 86.3 cm³/mol. The van der Waals surface area contributed by atoms with Gasteiger partial charge in [-0.05, 0) is 44.0 Å². The third kappa shape index (κ3) is 5.54. The molecule has 1 aliphatic rings. The molecule has 7 heteroatoms. The van der Waals surface area contributed by atoms with Crippen LogP contribution in [0.5, 0.6) is 5.75 Å². The van der Waals surface area contributed by atoms with Gasteiger partial charge in [-0.2, -0.15) is 0 Å². The van der Waals surface area contributed by atoms with Crippen LogP contribution in [0.25, 0.3) is 0 Å². The van der Waals surface area contributed by atoms with E-state index in [0.717, 1.165) is 25.9 Å². The van der Waals surface area contributed by atoms with Gasteiger partial charge in [0.05, 0.1) is 5.56 Å². The minimum Gasteiger partial charge on any atom is -0.483 e. The molecule has 0 saturated carbocycles. The van der Waals surface area contributed by atoms with Crippen molar-refractivity contribution in [2.75, 3.05) is 26.2 Å². The molecule has 1 aliphatic heterocycles. The molecule has 22 heavy (non-hydrogen) atoms. The zero-order valence-electron chi connectivity index (χ0n) is 12.3. The molecule has 0 bridgehead atoms. The molecule has 1 saturated heterocycles. The van der Waals surface area contributed by atoms with Crippen LogP contribution in [0, 0.1) is 5.92 Å². The van der Waals surface area contributed by atoms with E-state index in [2.05, 4.69) is 10.6 Å². The maximum Gasteiger partial charge on any atom is 0.255 e. The summed E-state index contributed by atoms with van der Waals surface area (Å²) >= 11 is 0. The van der Waals surface area contributed by atoms with Crippen LogP contribution in [-0.2, 0) is 4.79 Å². The number of carbonyl (C=O) groups excluding carboxylic acids is 2. The quantitative estimate of drug-likeness (QED) is 0.687. The van der Waals surface area contributed by atoms with Crippen LogP contribution in [0.2, 0.25) is 0 Å². The second kappa shape index (κ2) is 9.27. The molecule has 1 aromatic carbocycles. The van der Waals surface area contributed by atoms with Crippen molar-refractivity contribution in [2.45, 2.75) is 12.8 Å². The molecule has 122 valence electrons. The van der Waals surface area contributed by atoms with E-state index in [0.29, 0.717) is 23.8 Å². The zero-order valence-corrected chi connectivity index (χ0v) is 13.2. The summed E-state index contributed by atoms with van der Waals surface area (Å²) in [5.41, 5.74) is 5.47. The molecule has 1 unspecified atom stereocenters. The van der Waals surface area contributed by atoms with Crippen molar-refractivity contribution in [3.63, 3.8) is 0 Å². The normalized spacial score (nSPS) is 16.6. The fraction of sp³-hybridized carbons (Fsp3) is 0.467. The molecule has 1 fully saturated rings. The monoisotopic (exact) mass is 327 g/mol. The third-order valence-electron chi connectivity index (χ3n) is 3.50. The highest BCUT2D eigenvalue weighted by Gasteiger charge is 2.16. The van der Waals surface area contributed by atoms with Crippen molar-refractivity contribution in [3.8, 4) is 5.75 Å². The van der Waals surface area contributed by atoms with E-state index in [9.17, 15) is 9.59 Å². The first kappa shape index (κ1) is 18.3. The molecule has 0 radical (unpaired) electrons. The van der Waals surface area contributed by atoms with Crippen LogP contribution in [0.3, 0.4) is 0 Å². The SMILES string of the molecule is Cl.NC(=O)COc1ccccc1C(=O)NCCC1CCNC1. The number of halogens is 1. The Morgan fingerprint density at radius 1 is 1.36 bits per heavy atom. The van der Waals surface area contributed by atoms with Gasteiger partial charge in [-0.1, -0.05) is 12.1 Å². The van der Waals surface area contributed by atoms with Crippen molar-refractivity contribution in [1.82, 2.24) is 10.6 Å². The van der Waals surface area contributed by atoms with Crippen LogP contribution in [0.15, 0.2) is 24.3 Å². The molecule has 1 heterocycles. The fourth-order valence-corrected chi connectivity index (χ4v) is 2.37. The van der Waals surface area contributed by atoms with Gasteiger partial charge < -0.3 is 21.1 Å². The molecule has 1 atom stereocenters. The average molecular weight is 328 g/mol. The largest absolute Gasteiger partial charge is 0.483 e. The van der Waals surface area contributed by atoms with Gasteiger partial charge in [-0.3, -0.25) is 9.59 Å². The number of hydrogen-bond donors (Lipinski definition) is 3. The second-order valence-corrected chi connectivity index (χ2v) is 5.15. The first-order chi connectivity index (χ1) is 10.2. The standard InChI is InChI=1S/C15H21N3O3.ClH/c16-14(19)10-21-13-4-2-1-3-12(13)15(20)18-8-6-11-5-7-17-9-11;/h1-4,11,17H,5-10H2,(H2,16,19)(H,18,20);1H. The minimum absolute atomic E-state index is 0. The summed E-state index contributed by atoms with van der Waals surface area (Å²) in [7, 11) is 0. The smallest absolute Gasteiger partial charge is 0.255 e. The zero-order chi connectivity index (χ0) is 15.1. The van der Waals surface area contributed by atoms with Crippen LogP contribution >= 0.6 is 12.4 Å². The second-order valence-electron chi connectivity index (χ2n) is 5.15. The van der Waals surface area contributed by atoms with Crippen molar-refractivity contribution in [1.29, 1.82) is 0 Å². The summed E-state index contributed by atoms with van der Waals surface area (Å²) in [6, 6.07) is 6.83. The number of amides is 2. The lowest BCUT2D eigenvalue weighted by atomic mass is 10.1. The van der Waals surface area contributed by atoms with Crippen LogP contribution in [0.4, 0.5) is 0 Å². The van der Waals surface area contributed by atoms with Gasteiger partial charge in [0.1, 0.15) is 5.75 Å². The van der Waals surface area contributed by atoms with Gasteiger partial charge in [0, 0.05) is 6.54 Å². The Bertz CT molecular complexity index is 505. The van der Waals surface area contributed by atoms with Gasteiger partial charge in [-0.15, -0.1) is 12.4 Å². The maximum absolute atomic E-state index is 12.2. The molecular weight excluding hydrogens is 306 g/mol. The predicted octanol–water partition coefficient (Wildman–Crippen LogP) is 0.702. The molecular formula is C15H22ClN3O3. The minimum atomic E-state index is -0.570. The van der Waals surface area contributed by atoms with Crippen LogP contribution in [-0.4, -0.2) is 38.1 Å². The summed E-state index contributed by atoms with van der Waals surface area (Å²) < 4.78 is 5.25. The van der Waals surface area contributed by atoms with E-state index in [1.54, 1.807) is 24.3 Å². The van der Waals surface area contributed by atoms with E-state index in [1.165, 1.54) is 0 Å². The lowest BCUT2D eigenvalue weighted by Crippen LogP contribution is -2.27. The maximum atomic E-state index is 12.2. The highest BCUT2D eigenvalue weighted by molar-refractivity contribution is 5.97. The molecule has 6 nitrogen and oxygen atoms in total. The Hall–Kier alpha value is -1.79. The van der Waals surface area contributed by atoms with E-state index in [-0.39, 0.29) is 24.9 Å². The molecule has 0 spiro atoms. The summed E-state index contributed by atoms with van der Waals surface area (Å²) in [5.74, 6) is 0.239. The third-order valence-corrected chi connectivity index (χ3v) is 3.50. The van der Waals surface area contributed by atoms with E-state index < -0.39 is 5.91 Å². The number of nitrogens with one attached hydrogen (secondary N) is 2. The summed E-state index contributed by atoms with van der Waals surface area (Å²) in [4.78, 5) is 22.9. The summed E-state index contributed by atoms with van der Waals surface area (Å²) in [6.07, 6.45) is 2.12. The molecule has 0 aliphatic carbocycles. The number of primary amides is 1. The van der Waals surface area contributed by atoms with Crippen LogP contribution in [0.1, 0.15) is 23.2 Å². The van der Waals surface area contributed by atoms with Gasteiger partial charge in [0.25, 0.3) is 11.8 Å². The lowest BCUT2D eigenvalue weighted by Gasteiger charge is -2.12. The van der Waals surface area contributed by atoms with Gasteiger partial charge in [0.2, 0.25) is 0 Å². The molecule has 1 aromatic rings. The van der Waals surface area contributed by atoms with Gasteiger partial charge in [-0.25, -0.2) is 0 Å². The first-order valence-electron chi connectivity index (χ1n) is 7.16. The Balaban J connectivity index is 0.00000242. The number of ether oxygens (including phenoxy) is 1. The summed E-state index contributed by atoms with van der Waals surface area (Å²) in [5, 5.41) is 6.19. The molecule has 2 rings (SSSR count). The Morgan fingerprint density at radius 3 is 2.82 bits per heavy atom. The number of rotatable bonds is 7. The van der Waals surface area contributed by atoms with Gasteiger partial charge in [0.15, 0.2) is 6.61 Å². The van der Waals surface area contributed by atoms with E-state index in [1.807, 2.05) is 0 Å². The van der Waals surface area contributed by atoms with Gasteiger partial charge >= 0.3 is 0 Å². The van der Waals surface area contributed by atoms with Crippen molar-refractivity contribution in [2.24, 2.45) is 11.7 Å². The number of hydrogen-bond acceptors (Lipinski definition) is 4. The Labute approximate surface area is 136 Å². The number of para-hydroxylation sites is 1. The molecule has 2 amide bonds. The van der Waals surface area contributed by atoms with Crippen LogP contribution < -0.4 is 21.1 Å². The average Bonchev–Trinajstić information content (AvgIpc) is 2.98. The number of nitrogens with two attached hydrogens (primary N) is 1. The molecule has 4 N–H and O–H groups in total. The van der Waals surface area contributed by atoms with Crippen molar-refractivity contribution in [3.05, 3.63) is 29.8 Å². The van der Waals surface area contributed by atoms with Crippen molar-refractivity contribution >= 4 is 24.2 Å². The first-order valence-corrected chi connectivity index (χ1v) is 7.16. The Kier molecular flexibility index (Phi) is 7.70. The topological polar surface area (TPSA) is 93.5 Å². The fourth-order valence-electron chi connectivity index (χ4n) is 2.37. The molecule has 0 aromatic heterocycles. The highest BCUT2D eigenvalue weighted by atomic mass is 35.5. The number of carbonyl (C=O) groups is 2. The summed E-state index contributed by atoms with van der Waals surface area (Å²) in [6.45, 7) is 2.48. The highest BCUT2D eigenvalue weighted by Crippen LogP contribution is 2.18. The number of benzene rings is 1.